The maximum absolute atomic E-state index is 14.2. The summed E-state index contributed by atoms with van der Waals surface area (Å²) >= 11 is 0. The predicted octanol–water partition coefficient (Wildman–Crippen LogP) is 1.28. The third kappa shape index (κ3) is 4.58. The van der Waals surface area contributed by atoms with Gasteiger partial charge in [-0.25, -0.2) is 4.39 Å². The minimum absolute atomic E-state index is 0.0786. The quantitative estimate of drug-likeness (QED) is 0.272. The minimum Gasteiger partial charge on any atom is -0.424 e. The Kier molecular flexibility index (Phi) is 5.21. The first-order valence-corrected chi connectivity index (χ1v) is 6.97. The van der Waals surface area contributed by atoms with E-state index in [1.54, 1.807) is 0 Å². The van der Waals surface area contributed by atoms with Gasteiger partial charge >= 0.3 is 15.6 Å². The molecule has 0 amide bonds. The molecule has 1 atom stereocenters. The lowest BCUT2D eigenvalue weighted by atomic mass is 9.52. The maximum Gasteiger partial charge on any atom is 0.523 e. The van der Waals surface area contributed by atoms with Crippen LogP contribution in [-0.4, -0.2) is 39.8 Å². The Morgan fingerprint density at radius 2 is 2.00 bits per heavy atom. The van der Waals surface area contributed by atoms with Gasteiger partial charge < -0.3 is 10.4 Å². The Bertz CT molecular complexity index is 402. The number of alkyl halides is 4. The fourth-order valence-corrected chi connectivity index (χ4v) is 2.42. The van der Waals surface area contributed by atoms with Crippen LogP contribution >= 0.6 is 0 Å². The largest absolute Gasteiger partial charge is 0.523 e. The summed E-state index contributed by atoms with van der Waals surface area (Å²) in [6.07, 6.45) is 0.563. The lowest BCUT2D eigenvalue weighted by Gasteiger charge is -2.32. The van der Waals surface area contributed by atoms with Crippen molar-refractivity contribution in [2.75, 3.05) is 13.3 Å². The van der Waals surface area contributed by atoms with Gasteiger partial charge in [0.1, 0.15) is 12.3 Å². The monoisotopic (exact) mass is 307 g/mol. The smallest absolute Gasteiger partial charge is 0.424 e. The van der Waals surface area contributed by atoms with Crippen molar-refractivity contribution in [2.45, 2.75) is 36.7 Å². The molecule has 0 aromatic heterocycles. The van der Waals surface area contributed by atoms with Crippen molar-refractivity contribution in [3.63, 3.8) is 0 Å². The van der Waals surface area contributed by atoms with Crippen molar-refractivity contribution in [3.05, 3.63) is 0 Å². The maximum atomic E-state index is 14.2. The number of halogens is 4. The van der Waals surface area contributed by atoms with Crippen molar-refractivity contribution < 1.29 is 34.8 Å². The zero-order valence-corrected chi connectivity index (χ0v) is 10.8. The fourth-order valence-electron chi connectivity index (χ4n) is 1.92. The van der Waals surface area contributed by atoms with Gasteiger partial charge in [-0.05, 0) is 19.1 Å². The zero-order chi connectivity index (χ0) is 14.7. The van der Waals surface area contributed by atoms with E-state index >= 15 is 0 Å². The van der Waals surface area contributed by atoms with E-state index in [1.807, 2.05) is 0 Å². The molecule has 1 aliphatic rings. The molecular weight excluding hydrogens is 293 g/mol. The highest BCUT2D eigenvalue weighted by Gasteiger charge is 2.49. The second kappa shape index (κ2) is 5.94. The number of rotatable bonds is 5. The van der Waals surface area contributed by atoms with Crippen LogP contribution in [0.3, 0.4) is 0 Å². The van der Waals surface area contributed by atoms with E-state index in [0.29, 0.717) is 12.7 Å². The molecular formula is C8H14BF4NO4S. The minimum atomic E-state index is -5.77. The summed E-state index contributed by atoms with van der Waals surface area (Å²) in [5, 5.41) is 0. The Balaban J connectivity index is 2.61. The number of hydrogen-bond acceptors (Lipinski definition) is 5. The molecule has 0 unspecified atom stereocenters. The highest BCUT2D eigenvalue weighted by Crippen LogP contribution is 2.35. The van der Waals surface area contributed by atoms with E-state index in [-0.39, 0.29) is 19.5 Å². The molecule has 1 fully saturated rings. The molecule has 19 heavy (non-hydrogen) atoms. The standard InChI is InChI=1S/C8H14BF4NO4S/c10-7(2-1-3-9(4-7)17-6-14)5-18-19(15,16)8(11,12)13/h1-6,14H2/t7-/m0/s1. The van der Waals surface area contributed by atoms with Gasteiger partial charge in [0.15, 0.2) is 0 Å². The van der Waals surface area contributed by atoms with E-state index < -0.39 is 34.8 Å². The Labute approximate surface area is 108 Å². The summed E-state index contributed by atoms with van der Waals surface area (Å²) in [7, 11) is -5.77. The van der Waals surface area contributed by atoms with Crippen molar-refractivity contribution in [3.8, 4) is 0 Å². The molecule has 0 aromatic rings. The van der Waals surface area contributed by atoms with Gasteiger partial charge in [-0.15, -0.1) is 0 Å². The first-order chi connectivity index (χ1) is 8.60. The molecule has 1 rings (SSSR count). The molecule has 0 radical (unpaired) electrons. The van der Waals surface area contributed by atoms with Crippen LogP contribution in [0.1, 0.15) is 12.8 Å². The fraction of sp³-hybridized carbons (Fsp3) is 1.00. The van der Waals surface area contributed by atoms with Crippen LogP contribution in [0, 0.1) is 0 Å². The molecule has 1 heterocycles. The second-order valence-corrected chi connectivity index (χ2v) is 5.97. The van der Waals surface area contributed by atoms with Gasteiger partial charge in [0.25, 0.3) is 6.92 Å². The molecule has 1 saturated heterocycles. The molecule has 0 aliphatic carbocycles. The first kappa shape index (κ1) is 16.7. The lowest BCUT2D eigenvalue weighted by Crippen LogP contribution is -2.42. The molecule has 112 valence electrons. The highest BCUT2D eigenvalue weighted by molar-refractivity contribution is 7.87. The van der Waals surface area contributed by atoms with E-state index in [1.165, 1.54) is 0 Å². The summed E-state index contributed by atoms with van der Waals surface area (Å²) in [5.41, 5.74) is -2.58. The Morgan fingerprint density at radius 1 is 1.37 bits per heavy atom. The molecule has 1 aliphatic heterocycles. The van der Waals surface area contributed by atoms with Crippen molar-refractivity contribution in [2.24, 2.45) is 5.73 Å². The molecule has 11 heteroatoms. The van der Waals surface area contributed by atoms with Crippen LogP contribution in [0.25, 0.3) is 0 Å². The second-order valence-electron chi connectivity index (χ2n) is 4.36. The summed E-state index contributed by atoms with van der Waals surface area (Å²) in [6, 6.07) is 0. The summed E-state index contributed by atoms with van der Waals surface area (Å²) in [5.74, 6) is 0. The molecule has 2 N–H and O–H groups in total. The SMILES string of the molecule is NCOB1CCC[C@@](F)(COS(=O)(=O)C(F)(F)F)C1. The summed E-state index contributed by atoms with van der Waals surface area (Å²) < 4.78 is 80.4. The molecule has 0 bridgehead atoms. The summed E-state index contributed by atoms with van der Waals surface area (Å²) in [4.78, 5) is 0. The molecule has 0 spiro atoms. The van der Waals surface area contributed by atoms with Gasteiger partial charge in [0.2, 0.25) is 0 Å². The van der Waals surface area contributed by atoms with Crippen LogP contribution in [-0.2, 0) is 19.0 Å². The van der Waals surface area contributed by atoms with E-state index in [9.17, 15) is 26.0 Å². The van der Waals surface area contributed by atoms with E-state index in [4.69, 9.17) is 10.4 Å². The number of nitrogens with two attached hydrogens (primary N) is 1. The van der Waals surface area contributed by atoms with Crippen molar-refractivity contribution >= 4 is 17.0 Å². The third-order valence-electron chi connectivity index (χ3n) is 2.83. The topological polar surface area (TPSA) is 78.6 Å². The van der Waals surface area contributed by atoms with Gasteiger partial charge in [0, 0.05) is 0 Å². The zero-order valence-electron chi connectivity index (χ0n) is 9.95. The predicted molar refractivity (Wildman–Crippen MR) is 59.5 cm³/mol. The average molecular weight is 307 g/mol. The Morgan fingerprint density at radius 3 is 2.53 bits per heavy atom. The molecule has 5 nitrogen and oxygen atoms in total. The van der Waals surface area contributed by atoms with Crippen LogP contribution in [0.2, 0.25) is 12.6 Å². The van der Waals surface area contributed by atoms with E-state index in [2.05, 4.69) is 4.18 Å². The summed E-state index contributed by atoms with van der Waals surface area (Å²) in [6.45, 7) is -1.84. The lowest BCUT2D eigenvalue weighted by molar-refractivity contribution is -0.0575. The van der Waals surface area contributed by atoms with Crippen LogP contribution in [0.5, 0.6) is 0 Å². The van der Waals surface area contributed by atoms with Crippen LogP contribution in [0.15, 0.2) is 0 Å². The Hall–Kier alpha value is -0.385. The molecule has 0 aromatic carbocycles. The van der Waals surface area contributed by atoms with Crippen molar-refractivity contribution in [1.82, 2.24) is 0 Å². The average Bonchev–Trinajstić information content (AvgIpc) is 2.26. The van der Waals surface area contributed by atoms with Gasteiger partial charge in [-0.3, -0.25) is 4.18 Å². The van der Waals surface area contributed by atoms with Crippen molar-refractivity contribution in [1.29, 1.82) is 0 Å². The van der Waals surface area contributed by atoms with Gasteiger partial charge in [-0.1, -0.05) is 6.42 Å². The molecule has 0 saturated carbocycles. The van der Waals surface area contributed by atoms with Gasteiger partial charge in [-0.2, -0.15) is 21.6 Å². The third-order valence-corrected chi connectivity index (χ3v) is 3.83. The van der Waals surface area contributed by atoms with Crippen LogP contribution < -0.4 is 5.73 Å². The normalized spacial score (nSPS) is 25.6. The highest BCUT2D eigenvalue weighted by atomic mass is 32.2. The first-order valence-electron chi connectivity index (χ1n) is 5.56. The number of hydrogen-bond donors (Lipinski definition) is 1. The van der Waals surface area contributed by atoms with Gasteiger partial charge in [0.05, 0.1) is 6.73 Å². The van der Waals surface area contributed by atoms with E-state index in [0.717, 1.165) is 0 Å². The van der Waals surface area contributed by atoms with Crippen LogP contribution in [0.4, 0.5) is 17.6 Å².